The summed E-state index contributed by atoms with van der Waals surface area (Å²) in [5, 5.41) is 9.28. The monoisotopic (exact) mass is 142 g/mol. The second-order valence-electron chi connectivity index (χ2n) is 1.90. The van der Waals surface area contributed by atoms with Crippen molar-refractivity contribution in [2.45, 2.75) is 19.9 Å². The van der Waals surface area contributed by atoms with Gasteiger partial charge in [-0.2, -0.15) is 0 Å². The Morgan fingerprint density at radius 1 is 1.78 bits per heavy atom. The summed E-state index contributed by atoms with van der Waals surface area (Å²) in [5.74, 6) is 0. The van der Waals surface area contributed by atoms with Gasteiger partial charge in [0.15, 0.2) is 4.80 Å². The van der Waals surface area contributed by atoms with Crippen LogP contribution in [0.5, 0.6) is 0 Å². The fraction of sp³-hybridized carbons (Fsp3) is 0.500. The molecule has 0 aliphatic carbocycles. The molecule has 0 saturated carbocycles. The molecule has 2 nitrogen and oxygen atoms in total. The van der Waals surface area contributed by atoms with Crippen molar-refractivity contribution < 1.29 is 0 Å². The topological polar surface area (TPSA) is 28.8 Å². The maximum absolute atomic E-state index is 7.34. The molecule has 3 heteroatoms. The van der Waals surface area contributed by atoms with Crippen LogP contribution in [-0.4, -0.2) is 4.57 Å². The summed E-state index contributed by atoms with van der Waals surface area (Å²) < 4.78 is 1.95. The molecule has 1 rings (SSSR count). The normalized spacial score (nSPS) is 9.89. The van der Waals surface area contributed by atoms with Gasteiger partial charge >= 0.3 is 0 Å². The smallest absolute Gasteiger partial charge is 0.181 e. The van der Waals surface area contributed by atoms with Crippen molar-refractivity contribution in [2.75, 3.05) is 0 Å². The van der Waals surface area contributed by atoms with Gasteiger partial charge < -0.3 is 4.57 Å². The standard InChI is InChI=1S/C6H10N2S/c1-2-3-8-4-5-9-6(8)7/h4-5,7H,2-3H2,1H3. The summed E-state index contributed by atoms with van der Waals surface area (Å²) >= 11 is 1.47. The molecule has 50 valence electrons. The van der Waals surface area contributed by atoms with E-state index < -0.39 is 0 Å². The molecule has 0 aliphatic heterocycles. The lowest BCUT2D eigenvalue weighted by Crippen LogP contribution is -2.10. The van der Waals surface area contributed by atoms with E-state index in [0.29, 0.717) is 4.80 Å². The lowest BCUT2D eigenvalue weighted by molar-refractivity contribution is 0.655. The molecule has 0 amide bonds. The molecule has 0 radical (unpaired) electrons. The van der Waals surface area contributed by atoms with Gasteiger partial charge in [0.05, 0.1) is 0 Å². The predicted molar refractivity (Wildman–Crippen MR) is 38.5 cm³/mol. The summed E-state index contributed by atoms with van der Waals surface area (Å²) in [6.07, 6.45) is 3.06. The van der Waals surface area contributed by atoms with Crippen LogP contribution < -0.4 is 4.80 Å². The van der Waals surface area contributed by atoms with Gasteiger partial charge in [0, 0.05) is 18.1 Å². The van der Waals surface area contributed by atoms with E-state index in [1.807, 2.05) is 16.1 Å². The summed E-state index contributed by atoms with van der Waals surface area (Å²) in [7, 11) is 0. The van der Waals surface area contributed by atoms with E-state index in [4.69, 9.17) is 5.41 Å². The Bertz CT molecular complexity index is 223. The summed E-state index contributed by atoms with van der Waals surface area (Å²) in [4.78, 5) is 0.650. The maximum Gasteiger partial charge on any atom is 0.181 e. The van der Waals surface area contributed by atoms with Crippen LogP contribution in [0.15, 0.2) is 11.6 Å². The third-order valence-corrected chi connectivity index (χ3v) is 1.86. The predicted octanol–water partition coefficient (Wildman–Crippen LogP) is 1.44. The van der Waals surface area contributed by atoms with Gasteiger partial charge in [-0.1, -0.05) is 6.92 Å². The van der Waals surface area contributed by atoms with Crippen LogP contribution in [0.25, 0.3) is 0 Å². The molecule has 9 heavy (non-hydrogen) atoms. The fourth-order valence-corrected chi connectivity index (χ4v) is 1.34. The average molecular weight is 142 g/mol. The fourth-order valence-electron chi connectivity index (χ4n) is 0.721. The first-order valence-electron chi connectivity index (χ1n) is 3.03. The van der Waals surface area contributed by atoms with Crippen molar-refractivity contribution >= 4 is 11.3 Å². The number of aryl methyl sites for hydroxylation is 1. The number of nitrogens with zero attached hydrogens (tertiary/aromatic N) is 1. The molecule has 0 saturated heterocycles. The molecule has 1 N–H and O–H groups in total. The van der Waals surface area contributed by atoms with Crippen LogP contribution in [0.4, 0.5) is 0 Å². The van der Waals surface area contributed by atoms with Gasteiger partial charge in [0.2, 0.25) is 0 Å². The van der Waals surface area contributed by atoms with E-state index in [1.54, 1.807) is 0 Å². The van der Waals surface area contributed by atoms with Crippen LogP contribution >= 0.6 is 11.3 Å². The first kappa shape index (κ1) is 6.55. The van der Waals surface area contributed by atoms with Gasteiger partial charge in [-0.25, -0.2) is 0 Å². The highest BCUT2D eigenvalue weighted by atomic mass is 32.1. The molecule has 0 aliphatic rings. The molecule has 0 fully saturated rings. The largest absolute Gasteiger partial charge is 0.324 e. The minimum atomic E-state index is 0.650. The molecule has 0 spiro atoms. The number of nitrogens with one attached hydrogen (secondary N) is 1. The second kappa shape index (κ2) is 2.82. The first-order valence-corrected chi connectivity index (χ1v) is 3.91. The molecule has 0 atom stereocenters. The summed E-state index contributed by atoms with van der Waals surface area (Å²) in [5.41, 5.74) is 0. The quantitative estimate of drug-likeness (QED) is 0.647. The zero-order valence-electron chi connectivity index (χ0n) is 5.42. The number of hydrogen-bond donors (Lipinski definition) is 1. The number of thiazole rings is 1. The highest BCUT2D eigenvalue weighted by molar-refractivity contribution is 7.06. The zero-order valence-corrected chi connectivity index (χ0v) is 6.24. The van der Waals surface area contributed by atoms with Crippen LogP contribution in [0.1, 0.15) is 13.3 Å². The van der Waals surface area contributed by atoms with E-state index in [-0.39, 0.29) is 0 Å². The van der Waals surface area contributed by atoms with E-state index in [0.717, 1.165) is 13.0 Å². The number of aromatic nitrogens is 1. The Hall–Kier alpha value is -0.570. The van der Waals surface area contributed by atoms with Gasteiger partial charge in [-0.15, -0.1) is 11.3 Å². The Morgan fingerprint density at radius 3 is 3.00 bits per heavy atom. The zero-order chi connectivity index (χ0) is 6.69. The van der Waals surface area contributed by atoms with Crippen LogP contribution in [0.2, 0.25) is 0 Å². The van der Waals surface area contributed by atoms with Crippen molar-refractivity contribution in [1.82, 2.24) is 4.57 Å². The Kier molecular flexibility index (Phi) is 2.05. The second-order valence-corrected chi connectivity index (χ2v) is 2.80. The van der Waals surface area contributed by atoms with Gasteiger partial charge in [0.1, 0.15) is 0 Å². The molecule has 1 aromatic heterocycles. The minimum Gasteiger partial charge on any atom is -0.324 e. The Morgan fingerprint density at radius 2 is 2.56 bits per heavy atom. The minimum absolute atomic E-state index is 0.650. The van der Waals surface area contributed by atoms with Crippen molar-refractivity contribution in [3.05, 3.63) is 16.4 Å². The highest BCUT2D eigenvalue weighted by Gasteiger charge is 1.87. The molecule has 1 aromatic rings. The Labute approximate surface area is 58.3 Å². The highest BCUT2D eigenvalue weighted by Crippen LogP contribution is 1.89. The molecule has 1 heterocycles. The van der Waals surface area contributed by atoms with Gasteiger partial charge in [-0.05, 0) is 6.42 Å². The third-order valence-electron chi connectivity index (χ3n) is 1.15. The Balaban J connectivity index is 2.81. The average Bonchev–Trinajstić information content (AvgIpc) is 2.18. The third kappa shape index (κ3) is 1.42. The molecular weight excluding hydrogens is 132 g/mol. The maximum atomic E-state index is 7.34. The van der Waals surface area contributed by atoms with Gasteiger partial charge in [0.25, 0.3) is 0 Å². The molecule has 0 bridgehead atoms. The number of hydrogen-bond acceptors (Lipinski definition) is 2. The summed E-state index contributed by atoms with van der Waals surface area (Å²) in [6, 6.07) is 0. The van der Waals surface area contributed by atoms with E-state index in [2.05, 4.69) is 6.92 Å². The summed E-state index contributed by atoms with van der Waals surface area (Å²) in [6.45, 7) is 3.09. The SMILES string of the molecule is CCCn1ccsc1=N. The van der Waals surface area contributed by atoms with Crippen LogP contribution in [-0.2, 0) is 6.54 Å². The van der Waals surface area contributed by atoms with Crippen molar-refractivity contribution in [3.63, 3.8) is 0 Å². The first-order chi connectivity index (χ1) is 4.34. The lowest BCUT2D eigenvalue weighted by atomic mass is 10.5. The van der Waals surface area contributed by atoms with Gasteiger partial charge in [-0.3, -0.25) is 5.41 Å². The van der Waals surface area contributed by atoms with E-state index in [1.165, 1.54) is 11.3 Å². The number of rotatable bonds is 2. The van der Waals surface area contributed by atoms with Crippen LogP contribution in [0.3, 0.4) is 0 Å². The van der Waals surface area contributed by atoms with Crippen molar-refractivity contribution in [1.29, 1.82) is 5.41 Å². The van der Waals surface area contributed by atoms with Crippen molar-refractivity contribution in [2.24, 2.45) is 0 Å². The van der Waals surface area contributed by atoms with Crippen molar-refractivity contribution in [3.8, 4) is 0 Å². The van der Waals surface area contributed by atoms with E-state index >= 15 is 0 Å². The molecular formula is C6H10N2S. The lowest BCUT2D eigenvalue weighted by Gasteiger charge is -1.94. The molecule has 0 aromatic carbocycles. The molecule has 0 unspecified atom stereocenters. The van der Waals surface area contributed by atoms with Crippen LogP contribution in [0, 0.1) is 5.41 Å². The van der Waals surface area contributed by atoms with E-state index in [9.17, 15) is 0 Å².